The van der Waals surface area contributed by atoms with Crippen LogP contribution in [0.1, 0.15) is 32.6 Å². The van der Waals surface area contributed by atoms with Gasteiger partial charge in [0.1, 0.15) is 11.8 Å². The van der Waals surface area contributed by atoms with Gasteiger partial charge in [-0.2, -0.15) is 0 Å². The Kier molecular flexibility index (Phi) is 4.37. The van der Waals surface area contributed by atoms with Gasteiger partial charge in [0.05, 0.1) is 18.9 Å². The van der Waals surface area contributed by atoms with Crippen molar-refractivity contribution >= 4 is 5.97 Å². The summed E-state index contributed by atoms with van der Waals surface area (Å²) in [6.45, 7) is 5.91. The summed E-state index contributed by atoms with van der Waals surface area (Å²) in [5.41, 5.74) is 0. The molecule has 0 saturated carbocycles. The SMILES string of the molecule is CCOC(=O)C(C)N[C@H](C)c1ccco1. The van der Waals surface area contributed by atoms with Crippen LogP contribution in [0.25, 0.3) is 0 Å². The first kappa shape index (κ1) is 11.8. The molecule has 0 saturated heterocycles. The molecule has 0 aliphatic heterocycles. The zero-order valence-corrected chi connectivity index (χ0v) is 9.32. The molecule has 0 aliphatic rings. The molecule has 1 N–H and O–H groups in total. The smallest absolute Gasteiger partial charge is 0.322 e. The Bertz CT molecular complexity index is 295. The summed E-state index contributed by atoms with van der Waals surface area (Å²) in [4.78, 5) is 11.3. The van der Waals surface area contributed by atoms with Gasteiger partial charge in [-0.25, -0.2) is 0 Å². The van der Waals surface area contributed by atoms with Gasteiger partial charge in [-0.1, -0.05) is 0 Å². The molecule has 0 spiro atoms. The fraction of sp³-hybridized carbons (Fsp3) is 0.545. The van der Waals surface area contributed by atoms with Gasteiger partial charge in [0.15, 0.2) is 0 Å². The number of hydrogen-bond donors (Lipinski definition) is 1. The molecule has 4 nitrogen and oxygen atoms in total. The predicted octanol–water partition coefficient (Wildman–Crippen LogP) is 1.88. The van der Waals surface area contributed by atoms with Crippen molar-refractivity contribution in [3.63, 3.8) is 0 Å². The first-order valence-electron chi connectivity index (χ1n) is 5.11. The Balaban J connectivity index is 2.44. The lowest BCUT2D eigenvalue weighted by molar-refractivity contribution is -0.145. The van der Waals surface area contributed by atoms with Gasteiger partial charge in [0, 0.05) is 0 Å². The summed E-state index contributed by atoms with van der Waals surface area (Å²) < 4.78 is 10.1. The summed E-state index contributed by atoms with van der Waals surface area (Å²) in [5.74, 6) is 0.571. The van der Waals surface area contributed by atoms with Gasteiger partial charge < -0.3 is 9.15 Å². The van der Waals surface area contributed by atoms with E-state index >= 15 is 0 Å². The second-order valence-electron chi connectivity index (χ2n) is 3.38. The van der Waals surface area contributed by atoms with E-state index < -0.39 is 0 Å². The number of hydrogen-bond acceptors (Lipinski definition) is 4. The number of esters is 1. The van der Waals surface area contributed by atoms with Gasteiger partial charge in [0.25, 0.3) is 0 Å². The Hall–Kier alpha value is -1.29. The lowest BCUT2D eigenvalue weighted by atomic mass is 10.2. The van der Waals surface area contributed by atoms with E-state index in [4.69, 9.17) is 9.15 Å². The lowest BCUT2D eigenvalue weighted by Gasteiger charge is -2.16. The molecular formula is C11H17NO3. The summed E-state index contributed by atoms with van der Waals surface area (Å²) in [7, 11) is 0. The summed E-state index contributed by atoms with van der Waals surface area (Å²) >= 11 is 0. The van der Waals surface area contributed by atoms with Crippen LogP contribution >= 0.6 is 0 Å². The van der Waals surface area contributed by atoms with Crippen molar-refractivity contribution in [2.24, 2.45) is 0 Å². The Labute approximate surface area is 89.6 Å². The molecule has 1 unspecified atom stereocenters. The first-order valence-corrected chi connectivity index (χ1v) is 5.11. The molecule has 0 fully saturated rings. The maximum absolute atomic E-state index is 11.3. The van der Waals surface area contributed by atoms with Crippen LogP contribution < -0.4 is 5.32 Å². The topological polar surface area (TPSA) is 51.5 Å². The van der Waals surface area contributed by atoms with E-state index in [1.165, 1.54) is 0 Å². The monoisotopic (exact) mass is 211 g/mol. The minimum Gasteiger partial charge on any atom is -0.468 e. The molecule has 0 bridgehead atoms. The van der Waals surface area contributed by atoms with E-state index in [0.717, 1.165) is 5.76 Å². The van der Waals surface area contributed by atoms with Crippen molar-refractivity contribution in [2.45, 2.75) is 32.9 Å². The summed E-state index contributed by atoms with van der Waals surface area (Å²) in [5, 5.41) is 3.10. The quantitative estimate of drug-likeness (QED) is 0.755. The van der Waals surface area contributed by atoms with E-state index in [1.807, 2.05) is 19.1 Å². The molecule has 0 amide bonds. The zero-order chi connectivity index (χ0) is 11.3. The number of rotatable bonds is 5. The highest BCUT2D eigenvalue weighted by Crippen LogP contribution is 2.12. The van der Waals surface area contributed by atoms with Crippen LogP contribution in [0.5, 0.6) is 0 Å². The van der Waals surface area contributed by atoms with Crippen LogP contribution in [0.3, 0.4) is 0 Å². The van der Waals surface area contributed by atoms with Gasteiger partial charge in [0.2, 0.25) is 0 Å². The van der Waals surface area contributed by atoms with Crippen molar-refractivity contribution < 1.29 is 13.9 Å². The van der Waals surface area contributed by atoms with E-state index in [9.17, 15) is 4.79 Å². The van der Waals surface area contributed by atoms with E-state index in [0.29, 0.717) is 6.61 Å². The highest BCUT2D eigenvalue weighted by atomic mass is 16.5. The largest absolute Gasteiger partial charge is 0.468 e. The van der Waals surface area contributed by atoms with Crippen LogP contribution in [0.15, 0.2) is 22.8 Å². The van der Waals surface area contributed by atoms with Crippen LogP contribution in [0, 0.1) is 0 Å². The van der Waals surface area contributed by atoms with Crippen molar-refractivity contribution in [1.82, 2.24) is 5.32 Å². The minimum atomic E-state index is -0.329. The third-order valence-corrected chi connectivity index (χ3v) is 2.11. The van der Waals surface area contributed by atoms with Crippen LogP contribution in [-0.4, -0.2) is 18.6 Å². The number of ether oxygens (including phenoxy) is 1. The molecule has 0 aliphatic carbocycles. The van der Waals surface area contributed by atoms with Crippen LogP contribution in [-0.2, 0) is 9.53 Å². The molecular weight excluding hydrogens is 194 g/mol. The normalized spacial score (nSPS) is 14.6. The highest BCUT2D eigenvalue weighted by Gasteiger charge is 2.18. The lowest BCUT2D eigenvalue weighted by Crippen LogP contribution is -2.36. The molecule has 1 heterocycles. The minimum absolute atomic E-state index is 0.000550. The van der Waals surface area contributed by atoms with Crippen molar-refractivity contribution in [3.8, 4) is 0 Å². The summed E-state index contributed by atoms with van der Waals surface area (Å²) in [6, 6.07) is 3.36. The van der Waals surface area contributed by atoms with Gasteiger partial charge >= 0.3 is 5.97 Å². The van der Waals surface area contributed by atoms with Gasteiger partial charge in [-0.15, -0.1) is 0 Å². The molecule has 15 heavy (non-hydrogen) atoms. The second-order valence-corrected chi connectivity index (χ2v) is 3.38. The highest BCUT2D eigenvalue weighted by molar-refractivity contribution is 5.75. The molecule has 2 atom stereocenters. The van der Waals surface area contributed by atoms with Crippen LogP contribution in [0.2, 0.25) is 0 Å². The molecule has 1 rings (SSSR count). The first-order chi connectivity index (χ1) is 7.15. The molecule has 4 heteroatoms. The molecule has 0 aromatic carbocycles. The van der Waals surface area contributed by atoms with Crippen molar-refractivity contribution in [3.05, 3.63) is 24.2 Å². The second kappa shape index (κ2) is 5.56. The number of carbonyl (C=O) groups is 1. The standard InChI is InChI=1S/C11H17NO3/c1-4-14-11(13)9(3)12-8(2)10-6-5-7-15-10/h5-9,12H,4H2,1-3H3/t8-,9?/m1/s1. The average molecular weight is 211 g/mol. The maximum Gasteiger partial charge on any atom is 0.322 e. The van der Waals surface area contributed by atoms with Crippen molar-refractivity contribution in [2.75, 3.05) is 6.61 Å². The molecule has 1 aromatic heterocycles. The summed E-state index contributed by atoms with van der Waals surface area (Å²) in [6.07, 6.45) is 1.61. The fourth-order valence-corrected chi connectivity index (χ4v) is 1.33. The van der Waals surface area contributed by atoms with E-state index in [-0.39, 0.29) is 18.1 Å². The molecule has 84 valence electrons. The van der Waals surface area contributed by atoms with Gasteiger partial charge in [-0.05, 0) is 32.9 Å². The number of furan rings is 1. The fourth-order valence-electron chi connectivity index (χ4n) is 1.33. The van der Waals surface area contributed by atoms with Crippen molar-refractivity contribution in [1.29, 1.82) is 0 Å². The number of nitrogens with one attached hydrogen (secondary N) is 1. The Morgan fingerprint density at radius 1 is 1.60 bits per heavy atom. The molecule has 0 radical (unpaired) electrons. The van der Waals surface area contributed by atoms with E-state index in [2.05, 4.69) is 5.32 Å². The van der Waals surface area contributed by atoms with Crippen LogP contribution in [0.4, 0.5) is 0 Å². The number of carbonyl (C=O) groups excluding carboxylic acids is 1. The predicted molar refractivity (Wildman–Crippen MR) is 56.4 cm³/mol. The zero-order valence-electron chi connectivity index (χ0n) is 9.32. The third kappa shape index (κ3) is 3.40. The van der Waals surface area contributed by atoms with Gasteiger partial charge in [-0.3, -0.25) is 10.1 Å². The van der Waals surface area contributed by atoms with E-state index in [1.54, 1.807) is 20.1 Å². The Morgan fingerprint density at radius 2 is 2.33 bits per heavy atom. The average Bonchev–Trinajstić information content (AvgIpc) is 2.70. The molecule has 1 aromatic rings. The maximum atomic E-state index is 11.3. The third-order valence-electron chi connectivity index (χ3n) is 2.11. The Morgan fingerprint density at radius 3 is 2.87 bits per heavy atom.